The van der Waals surface area contributed by atoms with Gasteiger partial charge in [-0.25, -0.2) is 4.79 Å². The van der Waals surface area contributed by atoms with Crippen LogP contribution >= 0.6 is 0 Å². The van der Waals surface area contributed by atoms with Crippen LogP contribution in [0.1, 0.15) is 45.4 Å². The van der Waals surface area contributed by atoms with E-state index >= 15 is 0 Å². The molecule has 2 heterocycles. The molecule has 2 amide bonds. The molecule has 122 valence electrons. The number of nitrogens with zero attached hydrogens (tertiary/aromatic N) is 2. The Hall–Kier alpha value is -0.810. The third-order valence-corrected chi connectivity index (χ3v) is 4.52. The van der Waals surface area contributed by atoms with Crippen molar-refractivity contribution in [2.45, 2.75) is 51.5 Å². The summed E-state index contributed by atoms with van der Waals surface area (Å²) in [4.78, 5) is 16.9. The van der Waals surface area contributed by atoms with Crippen LogP contribution in [-0.4, -0.2) is 67.8 Å². The maximum Gasteiger partial charge on any atom is 0.317 e. The minimum Gasteiger partial charge on any atom is -0.379 e. The molecule has 2 fully saturated rings. The largest absolute Gasteiger partial charge is 0.379 e. The molecule has 2 aliphatic rings. The molecule has 0 aromatic carbocycles. The van der Waals surface area contributed by atoms with Crippen LogP contribution in [0.2, 0.25) is 0 Å². The summed E-state index contributed by atoms with van der Waals surface area (Å²) in [5.74, 6) is 0. The topological polar surface area (TPSA) is 44.8 Å². The van der Waals surface area contributed by atoms with E-state index < -0.39 is 0 Å². The maximum atomic E-state index is 12.4. The molecule has 2 saturated heterocycles. The first-order chi connectivity index (χ1) is 10.3. The first-order valence-corrected chi connectivity index (χ1v) is 8.66. The van der Waals surface area contributed by atoms with E-state index in [4.69, 9.17) is 4.74 Å². The van der Waals surface area contributed by atoms with E-state index in [9.17, 15) is 4.79 Å². The number of hydrogen-bond donors (Lipinski definition) is 1. The quantitative estimate of drug-likeness (QED) is 0.763. The lowest BCUT2D eigenvalue weighted by Crippen LogP contribution is -2.54. The fourth-order valence-electron chi connectivity index (χ4n) is 3.21. The Morgan fingerprint density at radius 2 is 2.00 bits per heavy atom. The van der Waals surface area contributed by atoms with Crippen LogP contribution in [0, 0.1) is 0 Å². The van der Waals surface area contributed by atoms with Gasteiger partial charge in [0.05, 0.1) is 13.2 Å². The van der Waals surface area contributed by atoms with Crippen LogP contribution in [0.4, 0.5) is 4.79 Å². The molecule has 2 aliphatic heterocycles. The Morgan fingerprint density at radius 1 is 1.19 bits per heavy atom. The third-order valence-electron chi connectivity index (χ3n) is 4.52. The smallest absolute Gasteiger partial charge is 0.317 e. The van der Waals surface area contributed by atoms with E-state index in [1.807, 2.05) is 0 Å². The predicted octanol–water partition coefficient (Wildman–Crippen LogP) is 2.07. The minimum atomic E-state index is 0.143. The summed E-state index contributed by atoms with van der Waals surface area (Å²) in [6, 6.07) is 0.520. The Labute approximate surface area is 129 Å². The lowest BCUT2D eigenvalue weighted by Gasteiger charge is -2.39. The molecular weight excluding hydrogens is 266 g/mol. The molecule has 0 unspecified atom stereocenters. The summed E-state index contributed by atoms with van der Waals surface area (Å²) in [7, 11) is 0. The number of likely N-dealkylation sites (tertiary alicyclic amines) is 1. The maximum absolute atomic E-state index is 12.4. The SMILES string of the molecule is CCCCCNC(=O)N1CCCC[C@@H]1CN1CCOCC1. The van der Waals surface area contributed by atoms with Crippen molar-refractivity contribution in [1.82, 2.24) is 15.1 Å². The molecule has 0 spiro atoms. The normalized spacial score (nSPS) is 24.0. The van der Waals surface area contributed by atoms with Crippen LogP contribution in [0.25, 0.3) is 0 Å². The van der Waals surface area contributed by atoms with Gasteiger partial charge in [0.2, 0.25) is 0 Å². The van der Waals surface area contributed by atoms with Gasteiger partial charge in [-0.3, -0.25) is 4.90 Å². The van der Waals surface area contributed by atoms with Gasteiger partial charge in [0.25, 0.3) is 0 Å². The molecule has 21 heavy (non-hydrogen) atoms. The first kappa shape index (κ1) is 16.6. The van der Waals surface area contributed by atoms with Crippen molar-refractivity contribution < 1.29 is 9.53 Å². The van der Waals surface area contributed by atoms with Crippen LogP contribution in [0.15, 0.2) is 0 Å². The van der Waals surface area contributed by atoms with Gasteiger partial charge in [0.1, 0.15) is 0 Å². The van der Waals surface area contributed by atoms with Gasteiger partial charge in [0.15, 0.2) is 0 Å². The van der Waals surface area contributed by atoms with Crippen LogP contribution in [0.3, 0.4) is 0 Å². The number of morpholine rings is 1. The van der Waals surface area contributed by atoms with Crippen molar-refractivity contribution in [3.63, 3.8) is 0 Å². The molecule has 1 N–H and O–H groups in total. The van der Waals surface area contributed by atoms with E-state index in [1.165, 1.54) is 19.3 Å². The minimum absolute atomic E-state index is 0.143. The average molecular weight is 297 g/mol. The second kappa shape index (κ2) is 9.26. The summed E-state index contributed by atoms with van der Waals surface area (Å²) < 4.78 is 5.40. The lowest BCUT2D eigenvalue weighted by molar-refractivity contribution is 0.0221. The number of piperidine rings is 1. The number of nitrogens with one attached hydrogen (secondary N) is 1. The van der Waals surface area contributed by atoms with Crippen molar-refractivity contribution in [3.05, 3.63) is 0 Å². The Morgan fingerprint density at radius 3 is 2.76 bits per heavy atom. The van der Waals surface area contributed by atoms with E-state index in [0.29, 0.717) is 6.04 Å². The second-order valence-electron chi connectivity index (χ2n) is 6.20. The number of carbonyl (C=O) groups is 1. The number of carbonyl (C=O) groups excluding carboxylic acids is 1. The number of ether oxygens (including phenoxy) is 1. The van der Waals surface area contributed by atoms with Crippen molar-refractivity contribution in [1.29, 1.82) is 0 Å². The molecular formula is C16H31N3O2. The van der Waals surface area contributed by atoms with Crippen molar-refractivity contribution in [2.24, 2.45) is 0 Å². The van der Waals surface area contributed by atoms with Gasteiger partial charge in [-0.15, -0.1) is 0 Å². The Kier molecular flexibility index (Phi) is 7.30. The van der Waals surface area contributed by atoms with Crippen LogP contribution < -0.4 is 5.32 Å². The van der Waals surface area contributed by atoms with Gasteiger partial charge < -0.3 is 15.0 Å². The van der Waals surface area contributed by atoms with Crippen molar-refractivity contribution >= 4 is 6.03 Å². The summed E-state index contributed by atoms with van der Waals surface area (Å²) in [5.41, 5.74) is 0. The number of hydrogen-bond acceptors (Lipinski definition) is 3. The fourth-order valence-corrected chi connectivity index (χ4v) is 3.21. The molecule has 0 radical (unpaired) electrons. The number of rotatable bonds is 6. The summed E-state index contributed by atoms with van der Waals surface area (Å²) in [6.07, 6.45) is 7.00. The van der Waals surface area contributed by atoms with E-state index in [0.717, 1.165) is 65.2 Å². The van der Waals surface area contributed by atoms with E-state index in [1.54, 1.807) is 0 Å². The van der Waals surface area contributed by atoms with Gasteiger partial charge >= 0.3 is 6.03 Å². The number of urea groups is 1. The Balaban J connectivity index is 1.78. The van der Waals surface area contributed by atoms with Crippen molar-refractivity contribution in [3.8, 4) is 0 Å². The Bertz CT molecular complexity index is 306. The van der Waals surface area contributed by atoms with E-state index in [2.05, 4.69) is 22.0 Å². The monoisotopic (exact) mass is 297 g/mol. The lowest BCUT2D eigenvalue weighted by atomic mass is 10.0. The highest BCUT2D eigenvalue weighted by molar-refractivity contribution is 5.74. The molecule has 1 atom stereocenters. The summed E-state index contributed by atoms with van der Waals surface area (Å²) >= 11 is 0. The molecule has 0 aliphatic carbocycles. The van der Waals surface area contributed by atoms with Crippen LogP contribution in [-0.2, 0) is 4.74 Å². The summed E-state index contributed by atoms with van der Waals surface area (Å²) in [5, 5.41) is 3.10. The molecule has 0 bridgehead atoms. The van der Waals surface area contributed by atoms with Crippen LogP contribution in [0.5, 0.6) is 0 Å². The molecule has 0 saturated carbocycles. The van der Waals surface area contributed by atoms with E-state index in [-0.39, 0.29) is 6.03 Å². The highest BCUT2D eigenvalue weighted by atomic mass is 16.5. The predicted molar refractivity (Wildman–Crippen MR) is 84.5 cm³/mol. The highest BCUT2D eigenvalue weighted by Crippen LogP contribution is 2.18. The average Bonchev–Trinajstić information content (AvgIpc) is 2.53. The molecule has 5 heteroatoms. The molecule has 2 rings (SSSR count). The first-order valence-electron chi connectivity index (χ1n) is 8.66. The van der Waals surface area contributed by atoms with Gasteiger partial charge in [-0.05, 0) is 25.7 Å². The van der Waals surface area contributed by atoms with Crippen molar-refractivity contribution in [2.75, 3.05) is 45.9 Å². The zero-order chi connectivity index (χ0) is 14.9. The summed E-state index contributed by atoms with van der Waals surface area (Å²) in [6.45, 7) is 8.58. The molecule has 5 nitrogen and oxygen atoms in total. The number of unbranched alkanes of at least 4 members (excludes halogenated alkanes) is 2. The highest BCUT2D eigenvalue weighted by Gasteiger charge is 2.28. The third kappa shape index (κ3) is 5.47. The fraction of sp³-hybridized carbons (Fsp3) is 0.938. The standard InChI is InChI=1S/C16H31N3O2/c1-2-3-5-8-17-16(20)19-9-6-4-7-15(19)14-18-10-12-21-13-11-18/h15H,2-14H2,1H3,(H,17,20)/t15-/m1/s1. The van der Waals surface area contributed by atoms with Gasteiger partial charge in [-0.1, -0.05) is 19.8 Å². The zero-order valence-corrected chi connectivity index (χ0v) is 13.5. The zero-order valence-electron chi connectivity index (χ0n) is 13.5. The van der Waals surface area contributed by atoms with Gasteiger partial charge in [0, 0.05) is 38.8 Å². The molecule has 0 aromatic rings. The molecule has 0 aromatic heterocycles. The number of amides is 2. The second-order valence-corrected chi connectivity index (χ2v) is 6.20. The van der Waals surface area contributed by atoms with Gasteiger partial charge in [-0.2, -0.15) is 0 Å².